The Balaban J connectivity index is 2.03. The highest BCUT2D eigenvalue weighted by Crippen LogP contribution is 2.17. The predicted octanol–water partition coefficient (Wildman–Crippen LogP) is 0.508. The van der Waals surface area contributed by atoms with Crippen molar-refractivity contribution < 1.29 is 14.6 Å². The Morgan fingerprint density at radius 3 is 2.89 bits per heavy atom. The van der Waals surface area contributed by atoms with Crippen molar-refractivity contribution in [1.82, 2.24) is 9.97 Å². The van der Waals surface area contributed by atoms with Gasteiger partial charge in [0.15, 0.2) is 0 Å². The number of hydrogen-bond acceptors (Lipinski definition) is 6. The molecule has 0 aromatic carbocycles. The maximum Gasteiger partial charge on any atom is 0.305 e. The number of nitrogens with zero attached hydrogens (tertiary/aromatic N) is 3. The Hall–Kier alpha value is -1.89. The van der Waals surface area contributed by atoms with Gasteiger partial charge in [0, 0.05) is 25.7 Å². The fraction of sp³-hybridized carbons (Fsp3) is 0.583. The molecule has 0 amide bonds. The van der Waals surface area contributed by atoms with Crippen LogP contribution in [-0.4, -0.2) is 53.9 Å². The van der Waals surface area contributed by atoms with E-state index in [0.717, 1.165) is 18.9 Å². The standard InChI is InChI=1S/C12H18N4O3/c1-9-14-10(13-3-2-12(17)18)8-11(15-9)16-4-6-19-7-5-16/h8H,2-7H2,1H3,(H,17,18)(H,13,14,15). The molecule has 0 unspecified atom stereocenters. The quantitative estimate of drug-likeness (QED) is 0.802. The van der Waals surface area contributed by atoms with Crippen molar-refractivity contribution in [3.05, 3.63) is 11.9 Å². The number of aliphatic carboxylic acids is 1. The first-order valence-electron chi connectivity index (χ1n) is 6.29. The first-order valence-corrected chi connectivity index (χ1v) is 6.29. The molecule has 0 atom stereocenters. The summed E-state index contributed by atoms with van der Waals surface area (Å²) in [5.74, 6) is 1.36. The predicted molar refractivity (Wildman–Crippen MR) is 70.5 cm³/mol. The second kappa shape index (κ2) is 6.33. The van der Waals surface area contributed by atoms with Crippen molar-refractivity contribution in [3.63, 3.8) is 0 Å². The zero-order valence-corrected chi connectivity index (χ0v) is 10.9. The average Bonchev–Trinajstić information content (AvgIpc) is 2.39. The molecule has 19 heavy (non-hydrogen) atoms. The zero-order chi connectivity index (χ0) is 13.7. The van der Waals surface area contributed by atoms with E-state index in [-0.39, 0.29) is 6.42 Å². The number of aryl methyl sites for hydroxylation is 1. The average molecular weight is 266 g/mol. The van der Waals surface area contributed by atoms with E-state index in [1.54, 1.807) is 0 Å². The number of aromatic nitrogens is 2. The van der Waals surface area contributed by atoms with Gasteiger partial charge >= 0.3 is 5.97 Å². The fourth-order valence-corrected chi connectivity index (χ4v) is 1.89. The maximum absolute atomic E-state index is 10.5. The van der Waals surface area contributed by atoms with Gasteiger partial charge in [0.05, 0.1) is 19.6 Å². The third-order valence-corrected chi connectivity index (χ3v) is 2.80. The van der Waals surface area contributed by atoms with Crippen molar-refractivity contribution in [3.8, 4) is 0 Å². The highest BCUT2D eigenvalue weighted by Gasteiger charge is 2.14. The smallest absolute Gasteiger partial charge is 0.305 e. The number of hydrogen-bond donors (Lipinski definition) is 2. The Kier molecular flexibility index (Phi) is 4.51. The maximum atomic E-state index is 10.5. The normalized spacial score (nSPS) is 15.3. The van der Waals surface area contributed by atoms with Gasteiger partial charge in [-0.05, 0) is 6.92 Å². The summed E-state index contributed by atoms with van der Waals surface area (Å²) in [6.07, 6.45) is 0.0654. The molecule has 0 saturated carbocycles. The van der Waals surface area contributed by atoms with Crippen LogP contribution in [0, 0.1) is 6.92 Å². The van der Waals surface area contributed by atoms with Crippen molar-refractivity contribution in [1.29, 1.82) is 0 Å². The van der Waals surface area contributed by atoms with Gasteiger partial charge in [-0.15, -0.1) is 0 Å². The topological polar surface area (TPSA) is 87.6 Å². The second-order valence-electron chi connectivity index (χ2n) is 4.33. The van der Waals surface area contributed by atoms with Gasteiger partial charge < -0.3 is 20.1 Å². The van der Waals surface area contributed by atoms with E-state index in [2.05, 4.69) is 20.2 Å². The molecule has 0 aliphatic carbocycles. The summed E-state index contributed by atoms with van der Waals surface area (Å²) in [4.78, 5) is 21.3. The van der Waals surface area contributed by atoms with Gasteiger partial charge in [-0.2, -0.15) is 0 Å². The highest BCUT2D eigenvalue weighted by atomic mass is 16.5. The summed E-state index contributed by atoms with van der Waals surface area (Å²) in [5, 5.41) is 11.6. The van der Waals surface area contributed by atoms with Gasteiger partial charge in [0.25, 0.3) is 0 Å². The van der Waals surface area contributed by atoms with Gasteiger partial charge in [-0.1, -0.05) is 0 Å². The van der Waals surface area contributed by atoms with Crippen molar-refractivity contribution in [2.75, 3.05) is 43.1 Å². The van der Waals surface area contributed by atoms with Crippen LogP contribution in [0.2, 0.25) is 0 Å². The highest BCUT2D eigenvalue weighted by molar-refractivity contribution is 5.67. The number of morpholine rings is 1. The number of carbonyl (C=O) groups is 1. The number of nitrogens with one attached hydrogen (secondary N) is 1. The number of rotatable bonds is 5. The van der Waals surface area contributed by atoms with E-state index in [1.165, 1.54) is 0 Å². The first-order chi connectivity index (χ1) is 9.15. The Bertz CT molecular complexity index is 447. The summed E-state index contributed by atoms with van der Waals surface area (Å²) in [6.45, 7) is 5.20. The summed E-state index contributed by atoms with van der Waals surface area (Å²) in [7, 11) is 0. The molecule has 1 aliphatic rings. The second-order valence-corrected chi connectivity index (χ2v) is 4.33. The van der Waals surface area contributed by atoms with Crippen LogP contribution < -0.4 is 10.2 Å². The van der Waals surface area contributed by atoms with Crippen LogP contribution in [0.15, 0.2) is 6.07 Å². The van der Waals surface area contributed by atoms with E-state index >= 15 is 0 Å². The SMILES string of the molecule is Cc1nc(NCCC(=O)O)cc(N2CCOCC2)n1. The third-order valence-electron chi connectivity index (χ3n) is 2.80. The molecule has 0 bridgehead atoms. The van der Waals surface area contributed by atoms with Crippen LogP contribution in [0.1, 0.15) is 12.2 Å². The molecule has 2 rings (SSSR count). The van der Waals surface area contributed by atoms with Crippen LogP contribution >= 0.6 is 0 Å². The van der Waals surface area contributed by atoms with Gasteiger partial charge in [0.2, 0.25) is 0 Å². The molecule has 0 spiro atoms. The summed E-state index contributed by atoms with van der Waals surface area (Å²) < 4.78 is 5.31. The molecule has 1 saturated heterocycles. The minimum Gasteiger partial charge on any atom is -0.481 e. The molecule has 104 valence electrons. The lowest BCUT2D eigenvalue weighted by Gasteiger charge is -2.28. The minimum absolute atomic E-state index is 0.0654. The number of ether oxygens (including phenoxy) is 1. The monoisotopic (exact) mass is 266 g/mol. The molecule has 0 radical (unpaired) electrons. The first kappa shape index (κ1) is 13.5. The van der Waals surface area contributed by atoms with E-state index in [9.17, 15) is 4.79 Å². The number of carboxylic acid groups (broad SMARTS) is 1. The van der Waals surface area contributed by atoms with E-state index in [4.69, 9.17) is 9.84 Å². The third kappa shape index (κ3) is 4.06. The lowest BCUT2D eigenvalue weighted by molar-refractivity contribution is -0.136. The van der Waals surface area contributed by atoms with Gasteiger partial charge in [-0.25, -0.2) is 9.97 Å². The van der Waals surface area contributed by atoms with Crippen molar-refractivity contribution >= 4 is 17.6 Å². The lowest BCUT2D eigenvalue weighted by Crippen LogP contribution is -2.37. The molecule has 1 aromatic heterocycles. The van der Waals surface area contributed by atoms with E-state index in [0.29, 0.717) is 31.4 Å². The van der Waals surface area contributed by atoms with Gasteiger partial charge in [0.1, 0.15) is 17.5 Å². The lowest BCUT2D eigenvalue weighted by atomic mass is 10.3. The largest absolute Gasteiger partial charge is 0.481 e. The van der Waals surface area contributed by atoms with E-state index < -0.39 is 5.97 Å². The Morgan fingerprint density at radius 1 is 1.47 bits per heavy atom. The number of carboxylic acids is 1. The number of anilines is 2. The molecule has 7 heteroatoms. The molecule has 7 nitrogen and oxygen atoms in total. The molecule has 1 aromatic rings. The Labute approximate surface area is 111 Å². The summed E-state index contributed by atoms with van der Waals surface area (Å²) in [6, 6.07) is 1.85. The van der Waals surface area contributed by atoms with Crippen molar-refractivity contribution in [2.24, 2.45) is 0 Å². The van der Waals surface area contributed by atoms with Crippen LogP contribution in [0.4, 0.5) is 11.6 Å². The van der Waals surface area contributed by atoms with Crippen LogP contribution in [0.5, 0.6) is 0 Å². The van der Waals surface area contributed by atoms with Crippen molar-refractivity contribution in [2.45, 2.75) is 13.3 Å². The van der Waals surface area contributed by atoms with Crippen LogP contribution in [0.3, 0.4) is 0 Å². The fourth-order valence-electron chi connectivity index (χ4n) is 1.89. The molecule has 2 heterocycles. The van der Waals surface area contributed by atoms with Gasteiger partial charge in [-0.3, -0.25) is 4.79 Å². The molecule has 1 aliphatic heterocycles. The molecule has 1 fully saturated rings. The molecule has 2 N–H and O–H groups in total. The summed E-state index contributed by atoms with van der Waals surface area (Å²) >= 11 is 0. The molecular formula is C12H18N4O3. The zero-order valence-electron chi connectivity index (χ0n) is 10.9. The van der Waals surface area contributed by atoms with Crippen LogP contribution in [-0.2, 0) is 9.53 Å². The van der Waals surface area contributed by atoms with E-state index in [1.807, 2.05) is 13.0 Å². The summed E-state index contributed by atoms with van der Waals surface area (Å²) in [5.41, 5.74) is 0. The minimum atomic E-state index is -0.827. The molecular weight excluding hydrogens is 248 g/mol. The Morgan fingerprint density at radius 2 is 2.21 bits per heavy atom. The van der Waals surface area contributed by atoms with Crippen LogP contribution in [0.25, 0.3) is 0 Å².